The summed E-state index contributed by atoms with van der Waals surface area (Å²) in [4.78, 5) is 0. The van der Waals surface area contributed by atoms with E-state index >= 15 is 0 Å². The van der Waals surface area contributed by atoms with Gasteiger partial charge in [0, 0.05) is 5.25 Å². The van der Waals surface area contributed by atoms with Gasteiger partial charge in [0.25, 0.3) is 0 Å². The van der Waals surface area contributed by atoms with Crippen LogP contribution >= 0.6 is 11.8 Å². The minimum atomic E-state index is 0.786. The Bertz CT molecular complexity index is 66.8. The molecule has 0 radical (unpaired) electrons. The Morgan fingerprint density at radius 3 is 1.80 bits per heavy atom. The monoisotopic (exact) mass is 160 g/mol. The van der Waals surface area contributed by atoms with Gasteiger partial charge in [-0.25, -0.2) is 0 Å². The first-order chi connectivity index (χ1) is 4.52. The van der Waals surface area contributed by atoms with Gasteiger partial charge in [-0.3, -0.25) is 0 Å². The topological polar surface area (TPSA) is 0 Å². The second kappa shape index (κ2) is 5.06. The zero-order valence-corrected chi connectivity index (χ0v) is 8.66. The summed E-state index contributed by atoms with van der Waals surface area (Å²) >= 11 is 2.08. The maximum Gasteiger partial charge on any atom is 0.00237 e. The minimum absolute atomic E-state index is 0.786. The number of hydrogen-bond donors (Lipinski definition) is 0. The molecular weight excluding hydrogens is 140 g/mol. The highest BCUT2D eigenvalue weighted by molar-refractivity contribution is 8.00. The van der Waals surface area contributed by atoms with Crippen molar-refractivity contribution in [3.63, 3.8) is 0 Å². The van der Waals surface area contributed by atoms with Crippen LogP contribution in [0, 0.1) is 5.92 Å². The molecule has 0 aliphatic rings. The molecule has 0 N–H and O–H groups in total. The standard InChI is InChI=1S/C9H20S/c1-7(2)6-9(5)10-8(3)4/h7-9H,6H2,1-5H3. The van der Waals surface area contributed by atoms with Gasteiger partial charge in [0.2, 0.25) is 0 Å². The summed E-state index contributed by atoms with van der Waals surface area (Å²) in [5, 5.41) is 1.62. The van der Waals surface area contributed by atoms with Gasteiger partial charge in [0.05, 0.1) is 0 Å². The molecule has 10 heavy (non-hydrogen) atoms. The van der Waals surface area contributed by atoms with E-state index in [1.165, 1.54) is 6.42 Å². The molecule has 0 bridgehead atoms. The molecule has 0 rings (SSSR count). The highest BCUT2D eigenvalue weighted by Gasteiger charge is 2.06. The van der Waals surface area contributed by atoms with Crippen molar-refractivity contribution in [3.05, 3.63) is 0 Å². The van der Waals surface area contributed by atoms with Gasteiger partial charge in [-0.1, -0.05) is 34.6 Å². The van der Waals surface area contributed by atoms with Gasteiger partial charge in [-0.2, -0.15) is 11.8 Å². The predicted octanol–water partition coefficient (Wildman–Crippen LogP) is 3.56. The lowest BCUT2D eigenvalue weighted by atomic mass is 10.1. The van der Waals surface area contributed by atoms with Crippen molar-refractivity contribution in [1.29, 1.82) is 0 Å². The molecular formula is C9H20S. The Labute approximate surface area is 69.8 Å². The molecule has 0 aliphatic heterocycles. The highest BCUT2D eigenvalue weighted by Crippen LogP contribution is 2.22. The predicted molar refractivity (Wildman–Crippen MR) is 51.6 cm³/mol. The third-order valence-electron chi connectivity index (χ3n) is 1.31. The van der Waals surface area contributed by atoms with Crippen LogP contribution in [0.5, 0.6) is 0 Å². The van der Waals surface area contributed by atoms with Crippen LogP contribution in [0.3, 0.4) is 0 Å². The first-order valence-corrected chi connectivity index (χ1v) is 5.12. The van der Waals surface area contributed by atoms with Gasteiger partial charge in [0.1, 0.15) is 0 Å². The maximum absolute atomic E-state index is 2.32. The Kier molecular flexibility index (Phi) is 5.24. The summed E-state index contributed by atoms with van der Waals surface area (Å²) in [6.07, 6.45) is 1.35. The van der Waals surface area contributed by atoms with E-state index in [1.807, 2.05) is 0 Å². The van der Waals surface area contributed by atoms with Gasteiger partial charge >= 0.3 is 0 Å². The van der Waals surface area contributed by atoms with E-state index in [4.69, 9.17) is 0 Å². The van der Waals surface area contributed by atoms with Crippen molar-refractivity contribution in [2.75, 3.05) is 0 Å². The second-order valence-corrected chi connectivity index (χ2v) is 5.64. The lowest BCUT2D eigenvalue weighted by Crippen LogP contribution is -2.04. The molecule has 0 aliphatic carbocycles. The fourth-order valence-corrected chi connectivity index (χ4v) is 2.61. The van der Waals surface area contributed by atoms with E-state index in [9.17, 15) is 0 Å². The zero-order valence-electron chi connectivity index (χ0n) is 7.85. The molecule has 0 saturated carbocycles. The molecule has 0 aromatic rings. The fraction of sp³-hybridized carbons (Fsp3) is 1.00. The third-order valence-corrected chi connectivity index (χ3v) is 2.51. The van der Waals surface area contributed by atoms with E-state index < -0.39 is 0 Å². The minimum Gasteiger partial charge on any atom is -0.156 e. The van der Waals surface area contributed by atoms with Crippen LogP contribution in [0.4, 0.5) is 0 Å². The lowest BCUT2D eigenvalue weighted by molar-refractivity contribution is 0.584. The summed E-state index contributed by atoms with van der Waals surface area (Å²) in [6.45, 7) is 11.4. The molecule has 0 aromatic carbocycles. The van der Waals surface area contributed by atoms with Crippen molar-refractivity contribution in [1.82, 2.24) is 0 Å². The fourth-order valence-electron chi connectivity index (χ4n) is 1.18. The van der Waals surface area contributed by atoms with E-state index in [0.717, 1.165) is 16.4 Å². The van der Waals surface area contributed by atoms with Gasteiger partial charge in [-0.15, -0.1) is 0 Å². The Balaban J connectivity index is 3.34. The first kappa shape index (κ1) is 10.3. The van der Waals surface area contributed by atoms with Crippen LogP contribution in [-0.2, 0) is 0 Å². The molecule has 0 fully saturated rings. The van der Waals surface area contributed by atoms with Crippen LogP contribution in [0.25, 0.3) is 0 Å². The Hall–Kier alpha value is 0.350. The van der Waals surface area contributed by atoms with Crippen LogP contribution in [0.1, 0.15) is 41.0 Å². The van der Waals surface area contributed by atoms with Crippen molar-refractivity contribution < 1.29 is 0 Å². The zero-order chi connectivity index (χ0) is 8.15. The Morgan fingerprint density at radius 1 is 1.00 bits per heavy atom. The average molecular weight is 160 g/mol. The van der Waals surface area contributed by atoms with Crippen molar-refractivity contribution in [2.24, 2.45) is 5.92 Å². The van der Waals surface area contributed by atoms with Crippen molar-refractivity contribution in [2.45, 2.75) is 51.5 Å². The van der Waals surface area contributed by atoms with Gasteiger partial charge in [-0.05, 0) is 17.6 Å². The molecule has 1 atom stereocenters. The van der Waals surface area contributed by atoms with E-state index in [-0.39, 0.29) is 0 Å². The summed E-state index contributed by atoms with van der Waals surface area (Å²) < 4.78 is 0. The molecule has 0 amide bonds. The normalized spacial score (nSPS) is 14.7. The molecule has 62 valence electrons. The number of rotatable bonds is 4. The van der Waals surface area contributed by atoms with Crippen LogP contribution in [-0.4, -0.2) is 10.5 Å². The Morgan fingerprint density at radius 2 is 1.50 bits per heavy atom. The third kappa shape index (κ3) is 6.47. The maximum atomic E-state index is 2.32. The smallest absolute Gasteiger partial charge is 0.00237 e. The summed E-state index contributed by atoms with van der Waals surface area (Å²) in [5.41, 5.74) is 0. The molecule has 1 heteroatoms. The molecule has 1 unspecified atom stereocenters. The van der Waals surface area contributed by atoms with Crippen LogP contribution < -0.4 is 0 Å². The SMILES string of the molecule is CC(C)CC(C)SC(C)C. The largest absolute Gasteiger partial charge is 0.156 e. The number of thioether (sulfide) groups is 1. The highest BCUT2D eigenvalue weighted by atomic mass is 32.2. The summed E-state index contributed by atoms with van der Waals surface area (Å²) in [7, 11) is 0. The molecule has 0 nitrogen and oxygen atoms in total. The first-order valence-electron chi connectivity index (χ1n) is 4.17. The van der Waals surface area contributed by atoms with Crippen molar-refractivity contribution >= 4 is 11.8 Å². The molecule has 0 heterocycles. The van der Waals surface area contributed by atoms with Crippen LogP contribution in [0.15, 0.2) is 0 Å². The number of hydrogen-bond acceptors (Lipinski definition) is 1. The molecule has 0 saturated heterocycles. The van der Waals surface area contributed by atoms with Crippen molar-refractivity contribution in [3.8, 4) is 0 Å². The van der Waals surface area contributed by atoms with E-state index in [2.05, 4.69) is 46.4 Å². The average Bonchev–Trinajstić information content (AvgIpc) is 1.58. The quantitative estimate of drug-likeness (QED) is 0.606. The van der Waals surface area contributed by atoms with E-state index in [1.54, 1.807) is 0 Å². The van der Waals surface area contributed by atoms with Crippen LogP contribution in [0.2, 0.25) is 0 Å². The lowest BCUT2D eigenvalue weighted by Gasteiger charge is -2.15. The van der Waals surface area contributed by atoms with Gasteiger partial charge in [0.15, 0.2) is 0 Å². The molecule has 0 spiro atoms. The molecule has 0 aromatic heterocycles. The van der Waals surface area contributed by atoms with Gasteiger partial charge < -0.3 is 0 Å². The van der Waals surface area contributed by atoms with E-state index in [0.29, 0.717) is 0 Å². The second-order valence-electron chi connectivity index (χ2n) is 3.63. The summed E-state index contributed by atoms with van der Waals surface area (Å²) in [6, 6.07) is 0. The summed E-state index contributed by atoms with van der Waals surface area (Å²) in [5.74, 6) is 0.848.